The normalized spacial score (nSPS) is 14.7. The summed E-state index contributed by atoms with van der Waals surface area (Å²) < 4.78 is 27.4. The van der Waals surface area contributed by atoms with E-state index in [-0.39, 0.29) is 10.8 Å². The molecule has 26 heavy (non-hydrogen) atoms. The number of carbonyl (C=O) groups excluding carboxylic acids is 1. The van der Waals surface area contributed by atoms with Gasteiger partial charge >= 0.3 is 0 Å². The molecule has 136 valence electrons. The molecule has 0 radical (unpaired) electrons. The number of benzene rings is 2. The lowest BCUT2D eigenvalue weighted by Gasteiger charge is -2.11. The molecule has 3 rings (SSSR count). The van der Waals surface area contributed by atoms with Crippen LogP contribution in [0.5, 0.6) is 0 Å². The van der Waals surface area contributed by atoms with Gasteiger partial charge in [0.2, 0.25) is 5.91 Å². The summed E-state index contributed by atoms with van der Waals surface area (Å²) in [6.07, 6.45) is 5.31. The molecule has 0 aromatic heterocycles. The zero-order valence-corrected chi connectivity index (χ0v) is 15.6. The number of hydrogen-bond donors (Lipinski definition) is 1. The monoisotopic (exact) mass is 390 g/mol. The Morgan fingerprint density at radius 1 is 1.04 bits per heavy atom. The second-order valence-corrected chi connectivity index (χ2v) is 8.11. The van der Waals surface area contributed by atoms with Crippen LogP contribution in [0.25, 0.3) is 6.08 Å². The summed E-state index contributed by atoms with van der Waals surface area (Å²) in [4.78, 5) is 13.9. The van der Waals surface area contributed by atoms with E-state index in [2.05, 4.69) is 4.72 Å². The maximum atomic E-state index is 12.5. The fourth-order valence-electron chi connectivity index (χ4n) is 2.72. The van der Waals surface area contributed by atoms with E-state index >= 15 is 0 Å². The van der Waals surface area contributed by atoms with Crippen LogP contribution in [-0.4, -0.2) is 32.3 Å². The third-order valence-electron chi connectivity index (χ3n) is 4.14. The maximum absolute atomic E-state index is 12.5. The van der Waals surface area contributed by atoms with Crippen molar-refractivity contribution in [1.29, 1.82) is 0 Å². The van der Waals surface area contributed by atoms with Gasteiger partial charge in [0, 0.05) is 19.2 Å². The first kappa shape index (κ1) is 18.5. The summed E-state index contributed by atoms with van der Waals surface area (Å²) >= 11 is 6.00. The van der Waals surface area contributed by atoms with Gasteiger partial charge in [-0.15, -0.1) is 0 Å². The molecule has 0 saturated carbocycles. The van der Waals surface area contributed by atoms with Gasteiger partial charge in [-0.3, -0.25) is 9.52 Å². The molecule has 1 amide bonds. The Hall–Kier alpha value is -2.31. The van der Waals surface area contributed by atoms with Crippen LogP contribution in [0.2, 0.25) is 5.02 Å². The summed E-state index contributed by atoms with van der Waals surface area (Å²) in [5.41, 5.74) is 1.09. The minimum atomic E-state index is -3.73. The highest BCUT2D eigenvalue weighted by Gasteiger charge is 2.16. The van der Waals surface area contributed by atoms with Gasteiger partial charge in [0.25, 0.3) is 10.0 Å². The number of anilines is 1. The fraction of sp³-hybridized carbons (Fsp3) is 0.211. The van der Waals surface area contributed by atoms with E-state index in [1.807, 2.05) is 4.90 Å². The molecule has 2 aromatic carbocycles. The van der Waals surface area contributed by atoms with Crippen molar-refractivity contribution in [3.8, 4) is 0 Å². The third kappa shape index (κ3) is 4.45. The van der Waals surface area contributed by atoms with Gasteiger partial charge in [-0.05, 0) is 48.7 Å². The molecule has 0 aliphatic carbocycles. The van der Waals surface area contributed by atoms with Crippen LogP contribution >= 0.6 is 11.6 Å². The molecule has 5 nitrogen and oxygen atoms in total. The van der Waals surface area contributed by atoms with Crippen LogP contribution in [0.3, 0.4) is 0 Å². The summed E-state index contributed by atoms with van der Waals surface area (Å²) in [5, 5.41) is 0.330. The number of halogens is 1. The second-order valence-electron chi connectivity index (χ2n) is 6.02. The Morgan fingerprint density at radius 2 is 1.69 bits per heavy atom. The Kier molecular flexibility index (Phi) is 5.64. The van der Waals surface area contributed by atoms with Gasteiger partial charge in [-0.1, -0.05) is 35.9 Å². The number of carbonyl (C=O) groups is 1. The number of amides is 1. The van der Waals surface area contributed by atoms with Crippen molar-refractivity contribution >= 4 is 39.3 Å². The lowest BCUT2D eigenvalue weighted by atomic mass is 10.2. The number of para-hydroxylation sites is 1. The van der Waals surface area contributed by atoms with E-state index in [1.54, 1.807) is 42.5 Å². The molecule has 1 heterocycles. The first-order valence-corrected chi connectivity index (χ1v) is 10.2. The molecule has 1 aliphatic heterocycles. The molecule has 0 unspecified atom stereocenters. The zero-order valence-electron chi connectivity index (χ0n) is 14.1. The molecule has 1 saturated heterocycles. The van der Waals surface area contributed by atoms with Crippen molar-refractivity contribution < 1.29 is 13.2 Å². The molecule has 0 bridgehead atoms. The van der Waals surface area contributed by atoms with Crippen molar-refractivity contribution in [3.63, 3.8) is 0 Å². The van der Waals surface area contributed by atoms with E-state index in [0.717, 1.165) is 31.5 Å². The molecular weight excluding hydrogens is 372 g/mol. The first-order chi connectivity index (χ1) is 12.5. The predicted molar refractivity (Wildman–Crippen MR) is 104 cm³/mol. The van der Waals surface area contributed by atoms with Crippen molar-refractivity contribution in [2.24, 2.45) is 0 Å². The average Bonchev–Trinajstić information content (AvgIpc) is 3.17. The first-order valence-electron chi connectivity index (χ1n) is 8.30. The number of hydrogen-bond acceptors (Lipinski definition) is 3. The number of nitrogens with zero attached hydrogens (tertiary/aromatic N) is 1. The minimum Gasteiger partial charge on any atom is -0.339 e. The summed E-state index contributed by atoms with van der Waals surface area (Å²) in [5.74, 6) is -0.0143. The van der Waals surface area contributed by atoms with Gasteiger partial charge < -0.3 is 4.90 Å². The van der Waals surface area contributed by atoms with E-state index in [0.29, 0.717) is 10.7 Å². The Bertz CT molecular complexity index is 918. The van der Waals surface area contributed by atoms with E-state index in [1.165, 1.54) is 18.2 Å². The van der Waals surface area contributed by atoms with Crippen LogP contribution in [0.1, 0.15) is 18.4 Å². The highest BCUT2D eigenvalue weighted by Crippen LogP contribution is 2.24. The Balaban J connectivity index is 1.70. The molecule has 1 fully saturated rings. The summed E-state index contributed by atoms with van der Waals surface area (Å²) in [7, 11) is -3.73. The minimum absolute atomic E-state index is 0.0143. The highest BCUT2D eigenvalue weighted by atomic mass is 35.5. The van der Waals surface area contributed by atoms with Crippen LogP contribution in [0, 0.1) is 0 Å². The standard InChI is InChI=1S/C19H19ClN2O3S/c20-17-5-1-2-6-18(17)21-26(24,25)16-10-7-15(8-11-16)9-12-19(23)22-13-3-4-14-22/h1-2,5-12,21H,3-4,13-14H2. The quantitative estimate of drug-likeness (QED) is 0.790. The smallest absolute Gasteiger partial charge is 0.261 e. The molecule has 2 aromatic rings. The van der Waals surface area contributed by atoms with Crippen LogP contribution in [0.15, 0.2) is 59.5 Å². The van der Waals surface area contributed by atoms with E-state index in [9.17, 15) is 13.2 Å². The largest absolute Gasteiger partial charge is 0.339 e. The predicted octanol–water partition coefficient (Wildman–Crippen LogP) is 3.78. The average molecular weight is 391 g/mol. The fourth-order valence-corrected chi connectivity index (χ4v) is 4.03. The summed E-state index contributed by atoms with van der Waals surface area (Å²) in [6, 6.07) is 13.0. The van der Waals surface area contributed by atoms with E-state index in [4.69, 9.17) is 11.6 Å². The van der Waals surface area contributed by atoms with Crippen LogP contribution in [0.4, 0.5) is 5.69 Å². The van der Waals surface area contributed by atoms with Crippen molar-refractivity contribution in [2.75, 3.05) is 17.8 Å². The molecule has 1 aliphatic rings. The number of sulfonamides is 1. The topological polar surface area (TPSA) is 66.5 Å². The van der Waals surface area contributed by atoms with Gasteiger partial charge in [0.15, 0.2) is 0 Å². The van der Waals surface area contributed by atoms with Crippen molar-refractivity contribution in [1.82, 2.24) is 4.90 Å². The second kappa shape index (κ2) is 7.93. The number of nitrogens with one attached hydrogen (secondary N) is 1. The molecule has 7 heteroatoms. The summed E-state index contributed by atoms with van der Waals surface area (Å²) in [6.45, 7) is 1.60. The van der Waals surface area contributed by atoms with Gasteiger partial charge in [-0.25, -0.2) is 8.42 Å². The lowest BCUT2D eigenvalue weighted by molar-refractivity contribution is -0.124. The Labute approximate surface area is 158 Å². The zero-order chi connectivity index (χ0) is 18.6. The molecule has 0 spiro atoms. The van der Waals surface area contributed by atoms with Crippen molar-refractivity contribution in [3.05, 3.63) is 65.2 Å². The third-order valence-corrected chi connectivity index (χ3v) is 5.86. The van der Waals surface area contributed by atoms with Crippen LogP contribution in [-0.2, 0) is 14.8 Å². The molecular formula is C19H19ClN2O3S. The van der Waals surface area contributed by atoms with Gasteiger partial charge in [0.1, 0.15) is 0 Å². The van der Waals surface area contributed by atoms with Crippen LogP contribution < -0.4 is 4.72 Å². The van der Waals surface area contributed by atoms with Gasteiger partial charge in [-0.2, -0.15) is 0 Å². The Morgan fingerprint density at radius 3 is 2.35 bits per heavy atom. The number of rotatable bonds is 5. The number of likely N-dealkylation sites (tertiary alicyclic amines) is 1. The molecule has 1 N–H and O–H groups in total. The molecule has 0 atom stereocenters. The van der Waals surface area contributed by atoms with E-state index < -0.39 is 10.0 Å². The SMILES string of the molecule is O=C(C=Cc1ccc(S(=O)(=O)Nc2ccccc2Cl)cc1)N1CCCC1. The lowest BCUT2D eigenvalue weighted by Crippen LogP contribution is -2.25. The van der Waals surface area contributed by atoms with Crippen molar-refractivity contribution in [2.45, 2.75) is 17.7 Å². The highest BCUT2D eigenvalue weighted by molar-refractivity contribution is 7.92. The maximum Gasteiger partial charge on any atom is 0.261 e. The van der Waals surface area contributed by atoms with Gasteiger partial charge in [0.05, 0.1) is 15.6 Å².